The highest BCUT2D eigenvalue weighted by molar-refractivity contribution is 5.91. The van der Waals surface area contributed by atoms with Crippen LogP contribution in [0.25, 0.3) is 0 Å². The molecule has 0 saturated carbocycles. The van der Waals surface area contributed by atoms with Crippen LogP contribution < -0.4 is 10.6 Å². The first-order valence-electron chi connectivity index (χ1n) is 6.66. The SMILES string of the molecule is COCC(=O)Nc1ccc(CC(=O)NC(C)(C)CO)cc1. The van der Waals surface area contributed by atoms with Gasteiger partial charge in [0.05, 0.1) is 18.6 Å². The van der Waals surface area contributed by atoms with E-state index in [-0.39, 0.29) is 31.4 Å². The van der Waals surface area contributed by atoms with E-state index in [1.807, 2.05) is 0 Å². The molecule has 2 amide bonds. The lowest BCUT2D eigenvalue weighted by atomic mass is 10.1. The average Bonchev–Trinajstić information content (AvgIpc) is 2.40. The second-order valence-electron chi connectivity index (χ2n) is 5.45. The third-order valence-corrected chi connectivity index (χ3v) is 2.75. The second-order valence-corrected chi connectivity index (χ2v) is 5.45. The zero-order valence-corrected chi connectivity index (χ0v) is 12.6. The third kappa shape index (κ3) is 6.37. The largest absolute Gasteiger partial charge is 0.394 e. The highest BCUT2D eigenvalue weighted by atomic mass is 16.5. The number of anilines is 1. The molecule has 1 rings (SSSR count). The second kappa shape index (κ2) is 7.75. The van der Waals surface area contributed by atoms with Crippen molar-refractivity contribution >= 4 is 17.5 Å². The number of carbonyl (C=O) groups is 2. The molecule has 0 atom stereocenters. The zero-order valence-electron chi connectivity index (χ0n) is 12.6. The fraction of sp³-hybridized carbons (Fsp3) is 0.467. The van der Waals surface area contributed by atoms with Crippen LogP contribution in [0.3, 0.4) is 0 Å². The van der Waals surface area contributed by atoms with Gasteiger partial charge in [-0.2, -0.15) is 0 Å². The van der Waals surface area contributed by atoms with Gasteiger partial charge >= 0.3 is 0 Å². The maximum absolute atomic E-state index is 11.8. The molecule has 3 N–H and O–H groups in total. The maximum Gasteiger partial charge on any atom is 0.250 e. The highest BCUT2D eigenvalue weighted by Crippen LogP contribution is 2.10. The molecule has 1 aromatic rings. The van der Waals surface area contributed by atoms with Gasteiger partial charge in [-0.3, -0.25) is 9.59 Å². The number of benzene rings is 1. The van der Waals surface area contributed by atoms with Gasteiger partial charge in [0.2, 0.25) is 11.8 Å². The summed E-state index contributed by atoms with van der Waals surface area (Å²) in [6.45, 7) is 3.38. The molecular formula is C15H22N2O4. The summed E-state index contributed by atoms with van der Waals surface area (Å²) in [6.07, 6.45) is 0.218. The monoisotopic (exact) mass is 294 g/mol. The van der Waals surface area contributed by atoms with Gasteiger partial charge in [0, 0.05) is 12.8 Å². The number of hydrogen-bond acceptors (Lipinski definition) is 4. The minimum atomic E-state index is -0.634. The molecule has 0 saturated heterocycles. The molecule has 0 spiro atoms. The maximum atomic E-state index is 11.8. The first-order chi connectivity index (χ1) is 9.86. The quantitative estimate of drug-likeness (QED) is 0.691. The van der Waals surface area contributed by atoms with Crippen molar-refractivity contribution in [1.82, 2.24) is 5.32 Å². The van der Waals surface area contributed by atoms with Crippen LogP contribution in [0.1, 0.15) is 19.4 Å². The van der Waals surface area contributed by atoms with Crippen LogP contribution in [0, 0.1) is 0 Å². The van der Waals surface area contributed by atoms with Crippen molar-refractivity contribution in [2.24, 2.45) is 0 Å². The average molecular weight is 294 g/mol. The van der Waals surface area contributed by atoms with Crippen LogP contribution in [0.15, 0.2) is 24.3 Å². The Morgan fingerprint density at radius 3 is 2.33 bits per heavy atom. The van der Waals surface area contributed by atoms with Crippen molar-refractivity contribution in [3.63, 3.8) is 0 Å². The number of rotatable bonds is 7. The summed E-state index contributed by atoms with van der Waals surface area (Å²) in [5.74, 6) is -0.391. The molecule has 116 valence electrons. The first kappa shape index (κ1) is 17.1. The number of hydrogen-bond donors (Lipinski definition) is 3. The van der Waals surface area contributed by atoms with E-state index in [4.69, 9.17) is 9.84 Å². The van der Waals surface area contributed by atoms with Crippen molar-refractivity contribution in [3.8, 4) is 0 Å². The lowest BCUT2D eigenvalue weighted by molar-refractivity contribution is -0.122. The van der Waals surface area contributed by atoms with Crippen LogP contribution in [0.4, 0.5) is 5.69 Å². The molecular weight excluding hydrogens is 272 g/mol. The minimum absolute atomic E-state index is 0.000397. The molecule has 0 aliphatic heterocycles. The molecule has 0 heterocycles. The fourth-order valence-electron chi connectivity index (χ4n) is 1.68. The predicted octanol–water partition coefficient (Wildman–Crippen LogP) is 0.701. The summed E-state index contributed by atoms with van der Waals surface area (Å²) < 4.78 is 4.72. The van der Waals surface area contributed by atoms with Gasteiger partial charge < -0.3 is 20.5 Å². The van der Waals surface area contributed by atoms with Gasteiger partial charge in [-0.05, 0) is 31.5 Å². The smallest absolute Gasteiger partial charge is 0.250 e. The summed E-state index contributed by atoms with van der Waals surface area (Å²) in [7, 11) is 1.45. The lowest BCUT2D eigenvalue weighted by Gasteiger charge is -2.23. The molecule has 0 fully saturated rings. The summed E-state index contributed by atoms with van der Waals surface area (Å²) in [4.78, 5) is 23.2. The van der Waals surface area contributed by atoms with E-state index in [9.17, 15) is 9.59 Å². The highest BCUT2D eigenvalue weighted by Gasteiger charge is 2.18. The summed E-state index contributed by atoms with van der Waals surface area (Å²) in [6, 6.07) is 7.00. The molecule has 0 aliphatic rings. The fourth-order valence-corrected chi connectivity index (χ4v) is 1.68. The Kier molecular flexibility index (Phi) is 6.33. The minimum Gasteiger partial charge on any atom is -0.394 e. The van der Waals surface area contributed by atoms with Crippen LogP contribution >= 0.6 is 0 Å². The topological polar surface area (TPSA) is 87.7 Å². The number of methoxy groups -OCH3 is 1. The van der Waals surface area contributed by atoms with Crippen molar-refractivity contribution < 1.29 is 19.4 Å². The van der Waals surface area contributed by atoms with Gasteiger partial charge in [0.25, 0.3) is 0 Å². The Labute approximate surface area is 124 Å². The van der Waals surface area contributed by atoms with E-state index < -0.39 is 5.54 Å². The van der Waals surface area contributed by atoms with Gasteiger partial charge in [0.1, 0.15) is 6.61 Å². The molecule has 21 heavy (non-hydrogen) atoms. The number of ether oxygens (including phenoxy) is 1. The lowest BCUT2D eigenvalue weighted by Crippen LogP contribution is -2.46. The molecule has 0 aromatic heterocycles. The van der Waals surface area contributed by atoms with Crippen LogP contribution in [0.2, 0.25) is 0 Å². The van der Waals surface area contributed by atoms with E-state index in [1.54, 1.807) is 38.1 Å². The Balaban J connectivity index is 2.55. The molecule has 0 unspecified atom stereocenters. The van der Waals surface area contributed by atoms with E-state index in [0.29, 0.717) is 5.69 Å². The first-order valence-corrected chi connectivity index (χ1v) is 6.66. The van der Waals surface area contributed by atoms with Crippen LogP contribution in [-0.4, -0.2) is 42.8 Å². The number of carbonyl (C=O) groups excluding carboxylic acids is 2. The predicted molar refractivity (Wildman–Crippen MR) is 80.0 cm³/mol. The van der Waals surface area contributed by atoms with Crippen molar-refractivity contribution in [1.29, 1.82) is 0 Å². The number of aliphatic hydroxyl groups is 1. The number of aliphatic hydroxyl groups excluding tert-OH is 1. The third-order valence-electron chi connectivity index (χ3n) is 2.75. The van der Waals surface area contributed by atoms with Crippen molar-refractivity contribution in [2.75, 3.05) is 25.6 Å². The zero-order chi connectivity index (χ0) is 15.9. The molecule has 0 radical (unpaired) electrons. The van der Waals surface area contributed by atoms with E-state index in [1.165, 1.54) is 7.11 Å². The van der Waals surface area contributed by atoms with E-state index >= 15 is 0 Å². The van der Waals surface area contributed by atoms with Gasteiger partial charge in [-0.25, -0.2) is 0 Å². The Bertz CT molecular complexity index is 483. The van der Waals surface area contributed by atoms with Crippen LogP contribution in [-0.2, 0) is 20.7 Å². The van der Waals surface area contributed by atoms with Crippen molar-refractivity contribution in [3.05, 3.63) is 29.8 Å². The normalized spacial score (nSPS) is 11.0. The Hall–Kier alpha value is -1.92. The molecule has 1 aromatic carbocycles. The summed E-state index contributed by atoms with van der Waals surface area (Å²) in [5.41, 5.74) is 0.841. The standard InChI is InChI=1S/C15H22N2O4/c1-15(2,10-18)17-13(19)8-11-4-6-12(7-5-11)16-14(20)9-21-3/h4-7,18H,8-10H2,1-3H3,(H,16,20)(H,17,19). The van der Waals surface area contributed by atoms with Crippen LogP contribution in [0.5, 0.6) is 0 Å². The van der Waals surface area contributed by atoms with E-state index in [0.717, 1.165) is 5.56 Å². The van der Waals surface area contributed by atoms with Gasteiger partial charge in [-0.1, -0.05) is 12.1 Å². The number of nitrogens with one attached hydrogen (secondary N) is 2. The number of amides is 2. The van der Waals surface area contributed by atoms with Gasteiger partial charge in [0.15, 0.2) is 0 Å². The van der Waals surface area contributed by atoms with E-state index in [2.05, 4.69) is 10.6 Å². The molecule has 0 aliphatic carbocycles. The molecule has 0 bridgehead atoms. The van der Waals surface area contributed by atoms with Crippen molar-refractivity contribution in [2.45, 2.75) is 25.8 Å². The summed E-state index contributed by atoms with van der Waals surface area (Å²) >= 11 is 0. The molecule has 6 heteroatoms. The Morgan fingerprint density at radius 1 is 1.19 bits per heavy atom. The summed E-state index contributed by atoms with van der Waals surface area (Å²) in [5, 5.41) is 14.5. The molecule has 6 nitrogen and oxygen atoms in total. The Morgan fingerprint density at radius 2 is 1.81 bits per heavy atom. The van der Waals surface area contributed by atoms with Gasteiger partial charge in [-0.15, -0.1) is 0 Å².